The summed E-state index contributed by atoms with van der Waals surface area (Å²) in [6.07, 6.45) is 2.73. The first-order chi connectivity index (χ1) is 10.7. The fourth-order valence-corrected chi connectivity index (χ4v) is 4.29. The third kappa shape index (κ3) is 4.31. The van der Waals surface area contributed by atoms with E-state index in [-0.39, 0.29) is 5.91 Å². The van der Waals surface area contributed by atoms with Crippen molar-refractivity contribution < 1.29 is 9.53 Å². The van der Waals surface area contributed by atoms with Crippen molar-refractivity contribution in [1.82, 2.24) is 20.0 Å². The summed E-state index contributed by atoms with van der Waals surface area (Å²) in [7, 11) is 0. The standard InChI is InChI=1S/C13H21N5O2S2/c14-12-15-16-13(22-12)21-9-11(19)18-5-3-17(4-6-18)8-10-2-1-7-20-10/h10H,1-9H2,(H2,14,15). The van der Waals surface area contributed by atoms with Crippen LogP contribution in [0.2, 0.25) is 0 Å². The van der Waals surface area contributed by atoms with E-state index >= 15 is 0 Å². The van der Waals surface area contributed by atoms with Crippen molar-refractivity contribution in [2.75, 3.05) is 50.8 Å². The molecule has 3 heterocycles. The van der Waals surface area contributed by atoms with Gasteiger partial charge in [0.05, 0.1) is 11.9 Å². The van der Waals surface area contributed by atoms with E-state index in [2.05, 4.69) is 15.1 Å². The van der Waals surface area contributed by atoms with Gasteiger partial charge in [-0.25, -0.2) is 0 Å². The van der Waals surface area contributed by atoms with Gasteiger partial charge >= 0.3 is 0 Å². The number of amides is 1. The summed E-state index contributed by atoms with van der Waals surface area (Å²) in [6.45, 7) is 5.36. The van der Waals surface area contributed by atoms with E-state index in [0.29, 0.717) is 17.0 Å². The van der Waals surface area contributed by atoms with Crippen LogP contribution in [0.25, 0.3) is 0 Å². The number of carbonyl (C=O) groups excluding carboxylic acids is 1. The summed E-state index contributed by atoms with van der Waals surface area (Å²) in [4.78, 5) is 16.6. The van der Waals surface area contributed by atoms with Crippen molar-refractivity contribution in [3.8, 4) is 0 Å². The molecule has 0 aliphatic carbocycles. The lowest BCUT2D eigenvalue weighted by molar-refractivity contribution is -0.130. The highest BCUT2D eigenvalue weighted by Gasteiger charge is 2.24. The molecule has 0 radical (unpaired) electrons. The number of nitrogen functional groups attached to an aromatic ring is 1. The average molecular weight is 343 g/mol. The second-order valence-corrected chi connectivity index (χ2v) is 7.74. The maximum atomic E-state index is 12.2. The average Bonchev–Trinajstić information content (AvgIpc) is 3.17. The van der Waals surface area contributed by atoms with Gasteiger partial charge in [0, 0.05) is 39.3 Å². The molecule has 2 saturated heterocycles. The highest BCUT2D eigenvalue weighted by Crippen LogP contribution is 2.23. The van der Waals surface area contributed by atoms with Gasteiger partial charge in [0.2, 0.25) is 11.0 Å². The minimum Gasteiger partial charge on any atom is -0.377 e. The molecule has 9 heteroatoms. The Bertz CT molecular complexity index is 498. The molecule has 2 N–H and O–H groups in total. The van der Waals surface area contributed by atoms with Crippen LogP contribution in [-0.2, 0) is 9.53 Å². The van der Waals surface area contributed by atoms with Crippen LogP contribution in [0.4, 0.5) is 5.13 Å². The van der Waals surface area contributed by atoms with Crippen LogP contribution in [0, 0.1) is 0 Å². The number of carbonyl (C=O) groups is 1. The molecule has 1 atom stereocenters. The highest BCUT2D eigenvalue weighted by atomic mass is 32.2. The molecule has 1 unspecified atom stereocenters. The molecule has 7 nitrogen and oxygen atoms in total. The van der Waals surface area contributed by atoms with Crippen molar-refractivity contribution in [2.24, 2.45) is 0 Å². The molecule has 1 aromatic rings. The van der Waals surface area contributed by atoms with Crippen LogP contribution >= 0.6 is 23.1 Å². The first-order valence-corrected chi connectivity index (χ1v) is 9.34. The van der Waals surface area contributed by atoms with Gasteiger partial charge < -0.3 is 15.4 Å². The van der Waals surface area contributed by atoms with Gasteiger partial charge in [-0.3, -0.25) is 9.69 Å². The Morgan fingerprint density at radius 1 is 1.36 bits per heavy atom. The lowest BCUT2D eigenvalue weighted by Gasteiger charge is -2.35. The van der Waals surface area contributed by atoms with E-state index < -0.39 is 0 Å². The van der Waals surface area contributed by atoms with Gasteiger partial charge in [-0.05, 0) is 12.8 Å². The monoisotopic (exact) mass is 343 g/mol. The Kier molecular flexibility index (Phi) is 5.51. The highest BCUT2D eigenvalue weighted by molar-refractivity contribution is 8.01. The molecule has 22 heavy (non-hydrogen) atoms. The third-order valence-corrected chi connectivity index (χ3v) is 5.82. The minimum atomic E-state index is 0.163. The van der Waals surface area contributed by atoms with Crippen LogP contribution in [-0.4, -0.2) is 77.1 Å². The fraction of sp³-hybridized carbons (Fsp3) is 0.769. The topological polar surface area (TPSA) is 84.6 Å². The zero-order chi connectivity index (χ0) is 15.4. The van der Waals surface area contributed by atoms with Crippen LogP contribution in [0.3, 0.4) is 0 Å². The van der Waals surface area contributed by atoms with Gasteiger partial charge in [-0.1, -0.05) is 23.1 Å². The van der Waals surface area contributed by atoms with E-state index in [0.717, 1.165) is 43.7 Å². The van der Waals surface area contributed by atoms with Crippen LogP contribution in [0.15, 0.2) is 4.34 Å². The third-order valence-electron chi connectivity index (χ3n) is 3.95. The van der Waals surface area contributed by atoms with Crippen molar-refractivity contribution in [3.05, 3.63) is 0 Å². The van der Waals surface area contributed by atoms with E-state index in [4.69, 9.17) is 10.5 Å². The van der Waals surface area contributed by atoms with E-state index in [1.165, 1.54) is 35.9 Å². The SMILES string of the molecule is Nc1nnc(SCC(=O)N2CCN(CC3CCCO3)CC2)s1. The first kappa shape index (κ1) is 16.0. The Hall–Kier alpha value is -0.900. The maximum absolute atomic E-state index is 12.2. The predicted molar refractivity (Wildman–Crippen MR) is 87.0 cm³/mol. The van der Waals surface area contributed by atoms with Gasteiger partial charge in [-0.2, -0.15) is 0 Å². The number of nitrogens with zero attached hydrogens (tertiary/aromatic N) is 4. The molecule has 122 valence electrons. The number of aromatic nitrogens is 2. The van der Waals surface area contributed by atoms with Crippen molar-refractivity contribution in [2.45, 2.75) is 23.3 Å². The number of ether oxygens (including phenoxy) is 1. The molecule has 2 fully saturated rings. The van der Waals surface area contributed by atoms with Crippen molar-refractivity contribution >= 4 is 34.1 Å². The number of anilines is 1. The molecular weight excluding hydrogens is 322 g/mol. The molecule has 1 amide bonds. The maximum Gasteiger partial charge on any atom is 0.233 e. The second-order valence-electron chi connectivity index (χ2n) is 5.51. The Morgan fingerprint density at radius 3 is 2.82 bits per heavy atom. The molecule has 0 bridgehead atoms. The molecule has 0 saturated carbocycles. The quantitative estimate of drug-likeness (QED) is 0.781. The van der Waals surface area contributed by atoms with Crippen LogP contribution in [0.5, 0.6) is 0 Å². The lowest BCUT2D eigenvalue weighted by Crippen LogP contribution is -2.50. The molecule has 0 aromatic carbocycles. The van der Waals surface area contributed by atoms with Crippen molar-refractivity contribution in [1.29, 1.82) is 0 Å². The van der Waals surface area contributed by atoms with Crippen LogP contribution < -0.4 is 5.73 Å². The molecule has 0 spiro atoms. The predicted octanol–water partition coefficient (Wildman–Crippen LogP) is 0.536. The van der Waals surface area contributed by atoms with Gasteiger partial charge in [-0.15, -0.1) is 10.2 Å². The van der Waals surface area contributed by atoms with Crippen molar-refractivity contribution in [3.63, 3.8) is 0 Å². The Balaban J connectivity index is 1.37. The zero-order valence-electron chi connectivity index (χ0n) is 12.4. The summed E-state index contributed by atoms with van der Waals surface area (Å²) in [5.74, 6) is 0.566. The number of piperazine rings is 1. The summed E-state index contributed by atoms with van der Waals surface area (Å²) in [5, 5.41) is 8.11. The lowest BCUT2D eigenvalue weighted by atomic mass is 10.2. The normalized spacial score (nSPS) is 23.1. The fourth-order valence-electron chi connectivity index (χ4n) is 2.75. The molecule has 2 aliphatic rings. The minimum absolute atomic E-state index is 0.163. The van der Waals surface area contributed by atoms with Gasteiger partial charge in [0.15, 0.2) is 4.34 Å². The number of rotatable bonds is 5. The summed E-state index contributed by atoms with van der Waals surface area (Å²) < 4.78 is 6.42. The molecular formula is C13H21N5O2S2. The summed E-state index contributed by atoms with van der Waals surface area (Å²) >= 11 is 2.73. The van der Waals surface area contributed by atoms with E-state index in [1.807, 2.05) is 4.90 Å². The largest absolute Gasteiger partial charge is 0.377 e. The van der Waals surface area contributed by atoms with E-state index in [1.54, 1.807) is 0 Å². The summed E-state index contributed by atoms with van der Waals surface area (Å²) in [5.41, 5.74) is 5.53. The number of nitrogens with two attached hydrogens (primary N) is 1. The molecule has 3 rings (SSSR count). The van der Waals surface area contributed by atoms with E-state index in [9.17, 15) is 4.79 Å². The molecule has 1 aromatic heterocycles. The number of hydrogen-bond acceptors (Lipinski definition) is 8. The van der Waals surface area contributed by atoms with Gasteiger partial charge in [0.1, 0.15) is 0 Å². The summed E-state index contributed by atoms with van der Waals surface area (Å²) in [6, 6.07) is 0. The first-order valence-electron chi connectivity index (χ1n) is 7.54. The zero-order valence-corrected chi connectivity index (χ0v) is 14.1. The second kappa shape index (κ2) is 7.58. The molecule has 2 aliphatic heterocycles. The number of thioether (sulfide) groups is 1. The van der Waals surface area contributed by atoms with Crippen LogP contribution in [0.1, 0.15) is 12.8 Å². The Morgan fingerprint density at radius 2 is 2.18 bits per heavy atom. The smallest absolute Gasteiger partial charge is 0.233 e. The Labute approximate surface area is 138 Å². The van der Waals surface area contributed by atoms with Gasteiger partial charge in [0.25, 0.3) is 0 Å². The number of hydrogen-bond donors (Lipinski definition) is 1.